The topological polar surface area (TPSA) is 44.8 Å². The van der Waals surface area contributed by atoms with Crippen LogP contribution in [0.4, 0.5) is 0 Å². The molecule has 0 amide bonds. The predicted molar refractivity (Wildman–Crippen MR) is 70.9 cm³/mol. The van der Waals surface area contributed by atoms with Crippen LogP contribution in [0.3, 0.4) is 0 Å². The van der Waals surface area contributed by atoms with Crippen LogP contribution in [0.5, 0.6) is 5.75 Å². The van der Waals surface area contributed by atoms with Crippen LogP contribution in [0.15, 0.2) is 18.2 Å². The molecule has 1 heterocycles. The van der Waals surface area contributed by atoms with Gasteiger partial charge in [0, 0.05) is 18.4 Å². The fourth-order valence-electron chi connectivity index (χ4n) is 2.06. The molecule has 1 saturated heterocycles. The van der Waals surface area contributed by atoms with Gasteiger partial charge in [-0.1, -0.05) is 13.0 Å². The highest BCUT2D eigenvalue weighted by atomic mass is 16.7. The Morgan fingerprint density at radius 3 is 2.58 bits per heavy atom. The number of aryl methyl sites for hydroxylation is 1. The number of carbonyl (C=O) groups excluding carboxylic acids is 1. The van der Waals surface area contributed by atoms with E-state index in [2.05, 4.69) is 6.92 Å². The van der Waals surface area contributed by atoms with E-state index in [1.165, 1.54) is 6.92 Å². The summed E-state index contributed by atoms with van der Waals surface area (Å²) in [5, 5.41) is 0. The van der Waals surface area contributed by atoms with Crippen molar-refractivity contribution in [2.45, 2.75) is 33.5 Å². The van der Waals surface area contributed by atoms with Gasteiger partial charge in [-0.15, -0.1) is 0 Å². The van der Waals surface area contributed by atoms with Crippen molar-refractivity contribution in [1.82, 2.24) is 0 Å². The minimum Gasteiger partial charge on any atom is -0.426 e. The molecule has 1 aromatic rings. The van der Waals surface area contributed by atoms with Gasteiger partial charge in [-0.2, -0.15) is 0 Å². The molecule has 1 fully saturated rings. The summed E-state index contributed by atoms with van der Waals surface area (Å²) in [6, 6.07) is 5.60. The van der Waals surface area contributed by atoms with E-state index >= 15 is 0 Å². The maximum atomic E-state index is 10.9. The Labute approximate surface area is 113 Å². The van der Waals surface area contributed by atoms with Gasteiger partial charge in [0.05, 0.1) is 13.2 Å². The summed E-state index contributed by atoms with van der Waals surface area (Å²) in [5.74, 6) is 0.753. The molecule has 104 valence electrons. The molecule has 0 aromatic heterocycles. The third-order valence-corrected chi connectivity index (χ3v) is 3.27. The molecular weight excluding hydrogens is 244 g/mol. The van der Waals surface area contributed by atoms with E-state index in [4.69, 9.17) is 14.2 Å². The zero-order valence-corrected chi connectivity index (χ0v) is 11.6. The molecule has 0 aliphatic carbocycles. The van der Waals surface area contributed by atoms with Gasteiger partial charge in [-0.05, 0) is 31.0 Å². The van der Waals surface area contributed by atoms with Gasteiger partial charge in [0.1, 0.15) is 5.75 Å². The van der Waals surface area contributed by atoms with Crippen LogP contribution in [-0.4, -0.2) is 19.2 Å². The van der Waals surface area contributed by atoms with Crippen LogP contribution in [0.2, 0.25) is 0 Å². The first-order chi connectivity index (χ1) is 9.10. The van der Waals surface area contributed by atoms with E-state index in [-0.39, 0.29) is 12.3 Å². The molecule has 0 unspecified atom stereocenters. The number of esters is 1. The summed E-state index contributed by atoms with van der Waals surface area (Å²) in [6.07, 6.45) is 0.754. The molecule has 2 rings (SSSR count). The minimum absolute atomic E-state index is 0.312. The Kier molecular flexibility index (Phi) is 4.56. The predicted octanol–water partition coefficient (Wildman–Crippen LogP) is 2.99. The van der Waals surface area contributed by atoms with Gasteiger partial charge in [-0.25, -0.2) is 0 Å². The van der Waals surface area contributed by atoms with Crippen LogP contribution < -0.4 is 4.74 Å². The average molecular weight is 264 g/mol. The van der Waals surface area contributed by atoms with Crippen molar-refractivity contribution in [1.29, 1.82) is 0 Å². The normalized spacial score (nSPS) is 23.1. The highest BCUT2D eigenvalue weighted by Crippen LogP contribution is 2.29. The molecule has 0 radical (unpaired) electrons. The van der Waals surface area contributed by atoms with Gasteiger partial charge in [0.2, 0.25) is 0 Å². The van der Waals surface area contributed by atoms with Gasteiger partial charge >= 0.3 is 5.97 Å². The first-order valence-electron chi connectivity index (χ1n) is 6.62. The van der Waals surface area contributed by atoms with Gasteiger partial charge < -0.3 is 14.2 Å². The monoisotopic (exact) mass is 264 g/mol. The number of benzene rings is 1. The Bertz CT molecular complexity index is 447. The molecule has 0 atom stereocenters. The largest absolute Gasteiger partial charge is 0.426 e. The van der Waals surface area contributed by atoms with Crippen molar-refractivity contribution in [3.8, 4) is 5.75 Å². The van der Waals surface area contributed by atoms with E-state index in [9.17, 15) is 4.79 Å². The van der Waals surface area contributed by atoms with Crippen molar-refractivity contribution >= 4 is 5.97 Å². The first-order valence-corrected chi connectivity index (χ1v) is 6.62. The van der Waals surface area contributed by atoms with Crippen LogP contribution in [-0.2, 0) is 14.3 Å². The third kappa shape index (κ3) is 3.55. The highest BCUT2D eigenvalue weighted by molar-refractivity contribution is 5.69. The molecule has 1 aromatic carbocycles. The Morgan fingerprint density at radius 1 is 1.37 bits per heavy atom. The molecule has 19 heavy (non-hydrogen) atoms. The van der Waals surface area contributed by atoms with Gasteiger partial charge in [0.25, 0.3) is 0 Å². The summed E-state index contributed by atoms with van der Waals surface area (Å²) in [7, 11) is 0. The van der Waals surface area contributed by atoms with Crippen LogP contribution in [0.25, 0.3) is 0 Å². The smallest absolute Gasteiger partial charge is 0.308 e. The lowest BCUT2D eigenvalue weighted by Gasteiger charge is -2.29. The standard InChI is InChI=1S/C15H20O4/c1-4-12-8-17-15(18-9-12)13-5-6-14(10(2)7-13)19-11(3)16/h5-7,12,15H,4,8-9H2,1-3H3. The summed E-state index contributed by atoms with van der Waals surface area (Å²) in [6.45, 7) is 6.89. The fraction of sp³-hybridized carbons (Fsp3) is 0.533. The molecule has 1 aliphatic rings. The summed E-state index contributed by atoms with van der Waals surface area (Å²) < 4.78 is 16.5. The Balaban J connectivity index is 2.06. The summed E-state index contributed by atoms with van der Waals surface area (Å²) in [4.78, 5) is 10.9. The van der Waals surface area contributed by atoms with Gasteiger partial charge in [0.15, 0.2) is 6.29 Å². The quantitative estimate of drug-likeness (QED) is 0.622. The lowest BCUT2D eigenvalue weighted by molar-refractivity contribution is -0.205. The zero-order valence-electron chi connectivity index (χ0n) is 11.6. The molecule has 0 bridgehead atoms. The lowest BCUT2D eigenvalue weighted by Crippen LogP contribution is -2.26. The van der Waals surface area contributed by atoms with Crippen molar-refractivity contribution in [2.24, 2.45) is 5.92 Å². The SMILES string of the molecule is CCC1COC(c2ccc(OC(C)=O)c(C)c2)OC1. The van der Waals surface area contributed by atoms with E-state index in [1.54, 1.807) is 6.07 Å². The Hall–Kier alpha value is -1.39. The summed E-state index contributed by atoms with van der Waals surface area (Å²) in [5.41, 5.74) is 1.86. The number of carbonyl (C=O) groups is 1. The van der Waals surface area contributed by atoms with E-state index < -0.39 is 0 Å². The molecule has 0 spiro atoms. The van der Waals surface area contributed by atoms with Crippen molar-refractivity contribution in [3.63, 3.8) is 0 Å². The molecular formula is C15H20O4. The van der Waals surface area contributed by atoms with Crippen LogP contribution in [0.1, 0.15) is 37.7 Å². The highest BCUT2D eigenvalue weighted by Gasteiger charge is 2.22. The molecule has 4 heteroatoms. The zero-order chi connectivity index (χ0) is 13.8. The van der Waals surface area contributed by atoms with E-state index in [1.807, 2.05) is 19.1 Å². The van der Waals surface area contributed by atoms with Crippen LogP contribution in [0, 0.1) is 12.8 Å². The second-order valence-electron chi connectivity index (χ2n) is 4.89. The average Bonchev–Trinajstić information content (AvgIpc) is 2.41. The minimum atomic E-state index is -0.313. The van der Waals surface area contributed by atoms with Gasteiger partial charge in [-0.3, -0.25) is 4.79 Å². The molecule has 4 nitrogen and oxygen atoms in total. The molecule has 0 saturated carbocycles. The molecule has 1 aliphatic heterocycles. The number of ether oxygens (including phenoxy) is 3. The second kappa shape index (κ2) is 6.17. The fourth-order valence-corrected chi connectivity index (χ4v) is 2.06. The lowest BCUT2D eigenvalue weighted by atomic mass is 10.1. The van der Waals surface area contributed by atoms with Crippen molar-refractivity contribution in [2.75, 3.05) is 13.2 Å². The third-order valence-electron chi connectivity index (χ3n) is 3.27. The number of rotatable bonds is 3. The summed E-state index contributed by atoms with van der Waals surface area (Å²) >= 11 is 0. The first kappa shape index (κ1) is 14.0. The number of hydrogen-bond acceptors (Lipinski definition) is 4. The maximum absolute atomic E-state index is 10.9. The van der Waals surface area contributed by atoms with Crippen LogP contribution >= 0.6 is 0 Å². The van der Waals surface area contributed by atoms with Crippen molar-refractivity contribution in [3.05, 3.63) is 29.3 Å². The van der Waals surface area contributed by atoms with E-state index in [0.717, 1.165) is 30.8 Å². The van der Waals surface area contributed by atoms with Crippen molar-refractivity contribution < 1.29 is 19.0 Å². The second-order valence-corrected chi connectivity index (χ2v) is 4.89. The Morgan fingerprint density at radius 2 is 2.05 bits per heavy atom. The maximum Gasteiger partial charge on any atom is 0.308 e. The van der Waals surface area contributed by atoms with E-state index in [0.29, 0.717) is 11.7 Å². The molecule has 0 N–H and O–H groups in total. The number of hydrogen-bond donors (Lipinski definition) is 0.